The lowest BCUT2D eigenvalue weighted by Crippen LogP contribution is -2.35. The molecule has 2 aromatic rings. The number of esters is 2. The molecule has 0 saturated carbocycles. The summed E-state index contributed by atoms with van der Waals surface area (Å²) in [5.74, 6) is -0.832. The van der Waals surface area contributed by atoms with Gasteiger partial charge in [0.2, 0.25) is 0 Å². The summed E-state index contributed by atoms with van der Waals surface area (Å²) in [5.41, 5.74) is 3.43. The number of hydrogen-bond donors (Lipinski definition) is 0. The summed E-state index contributed by atoms with van der Waals surface area (Å²) >= 11 is 0. The van der Waals surface area contributed by atoms with E-state index in [0.29, 0.717) is 24.0 Å². The highest BCUT2D eigenvalue weighted by molar-refractivity contribution is 5.90. The molecule has 0 aliphatic rings. The first kappa shape index (κ1) is 27.6. The summed E-state index contributed by atoms with van der Waals surface area (Å²) in [5, 5.41) is 0. The Balaban J connectivity index is 2.07. The van der Waals surface area contributed by atoms with Crippen LogP contribution in [0.3, 0.4) is 0 Å². The van der Waals surface area contributed by atoms with Crippen molar-refractivity contribution in [2.24, 2.45) is 5.92 Å². The zero-order chi connectivity index (χ0) is 25.7. The van der Waals surface area contributed by atoms with Crippen molar-refractivity contribution >= 4 is 11.9 Å². The van der Waals surface area contributed by atoms with Crippen LogP contribution >= 0.6 is 0 Å². The third-order valence-electron chi connectivity index (χ3n) is 6.47. The average molecular weight is 467 g/mol. The molecular formula is C30H42O4. The molecular weight excluding hydrogens is 424 g/mol. The summed E-state index contributed by atoms with van der Waals surface area (Å²) in [6.07, 6.45) is 0.578. The lowest BCUT2D eigenvalue weighted by Gasteiger charge is -2.29. The minimum absolute atomic E-state index is 0.0220. The average Bonchev–Trinajstić information content (AvgIpc) is 2.79. The Morgan fingerprint density at radius 2 is 0.941 bits per heavy atom. The molecule has 0 fully saturated rings. The standard InChI is InChI=1S/C30H42O4/c1-10-25(33-27(31)21-12-16-23(17-13-21)29(4,5)6)20(3)26(11-2)34-28(32)22-14-18-24(19-15-22)30(7,8)9/h12-20,25-26H,10-11H2,1-9H3. The van der Waals surface area contributed by atoms with Crippen molar-refractivity contribution in [2.45, 2.75) is 98.2 Å². The van der Waals surface area contributed by atoms with Crippen molar-refractivity contribution in [1.82, 2.24) is 0 Å². The molecule has 4 heteroatoms. The summed E-state index contributed by atoms with van der Waals surface area (Å²) in [4.78, 5) is 25.6. The van der Waals surface area contributed by atoms with Crippen molar-refractivity contribution in [1.29, 1.82) is 0 Å². The van der Waals surface area contributed by atoms with E-state index in [0.717, 1.165) is 11.1 Å². The van der Waals surface area contributed by atoms with Gasteiger partial charge in [-0.2, -0.15) is 0 Å². The SMILES string of the molecule is CCC(OC(=O)c1ccc(C(C)(C)C)cc1)C(C)C(CC)OC(=O)c1ccc(C(C)(C)C)cc1. The highest BCUT2D eigenvalue weighted by atomic mass is 16.6. The molecule has 0 radical (unpaired) electrons. The zero-order valence-electron chi connectivity index (χ0n) is 22.4. The minimum atomic E-state index is -0.351. The highest BCUT2D eigenvalue weighted by Crippen LogP contribution is 2.26. The molecule has 0 saturated heterocycles. The van der Waals surface area contributed by atoms with E-state index in [1.165, 1.54) is 0 Å². The molecule has 4 nitrogen and oxygen atoms in total. The summed E-state index contributed by atoms with van der Waals surface area (Å²) in [6, 6.07) is 15.2. The van der Waals surface area contributed by atoms with E-state index in [9.17, 15) is 9.59 Å². The number of carbonyl (C=O) groups is 2. The quantitative estimate of drug-likeness (QED) is 0.378. The van der Waals surface area contributed by atoms with Gasteiger partial charge in [-0.1, -0.05) is 86.6 Å². The fourth-order valence-electron chi connectivity index (χ4n) is 3.99. The molecule has 0 spiro atoms. The van der Waals surface area contributed by atoms with Gasteiger partial charge in [-0.05, 0) is 59.1 Å². The lowest BCUT2D eigenvalue weighted by molar-refractivity contribution is -0.0299. The van der Waals surface area contributed by atoms with Gasteiger partial charge in [0.05, 0.1) is 11.1 Å². The third kappa shape index (κ3) is 7.19. The molecule has 0 amide bonds. The summed E-state index contributed by atoms with van der Waals surface area (Å²) in [7, 11) is 0. The molecule has 0 heterocycles. The maximum atomic E-state index is 12.8. The Bertz CT molecular complexity index is 864. The van der Waals surface area contributed by atoms with Crippen LogP contribution in [0, 0.1) is 5.92 Å². The van der Waals surface area contributed by atoms with Gasteiger partial charge < -0.3 is 9.47 Å². The van der Waals surface area contributed by atoms with Gasteiger partial charge >= 0.3 is 11.9 Å². The maximum absolute atomic E-state index is 12.8. The van der Waals surface area contributed by atoms with E-state index in [2.05, 4.69) is 41.5 Å². The van der Waals surface area contributed by atoms with Crippen LogP contribution in [0.2, 0.25) is 0 Å². The minimum Gasteiger partial charge on any atom is -0.458 e. The largest absolute Gasteiger partial charge is 0.458 e. The third-order valence-corrected chi connectivity index (χ3v) is 6.47. The molecule has 0 bridgehead atoms. The van der Waals surface area contributed by atoms with E-state index in [1.807, 2.05) is 69.3 Å². The molecule has 0 aromatic heterocycles. The van der Waals surface area contributed by atoms with Crippen LogP contribution < -0.4 is 0 Å². The van der Waals surface area contributed by atoms with Gasteiger partial charge in [-0.25, -0.2) is 9.59 Å². The molecule has 0 aliphatic heterocycles. The molecule has 2 unspecified atom stereocenters. The van der Waals surface area contributed by atoms with Crippen LogP contribution in [0.5, 0.6) is 0 Å². The second-order valence-corrected chi connectivity index (χ2v) is 11.2. The Morgan fingerprint density at radius 1 is 0.647 bits per heavy atom. The molecule has 0 N–H and O–H groups in total. The van der Waals surface area contributed by atoms with Crippen molar-refractivity contribution < 1.29 is 19.1 Å². The summed E-state index contributed by atoms with van der Waals surface area (Å²) in [6.45, 7) is 18.8. The van der Waals surface area contributed by atoms with Crippen molar-refractivity contribution in [3.8, 4) is 0 Å². The predicted octanol–water partition coefficient (Wildman–Crippen LogP) is 7.49. The molecule has 34 heavy (non-hydrogen) atoms. The van der Waals surface area contributed by atoms with Crippen LogP contribution in [-0.2, 0) is 20.3 Å². The Morgan fingerprint density at radius 3 is 1.18 bits per heavy atom. The first-order chi connectivity index (χ1) is 15.8. The fraction of sp³-hybridized carbons (Fsp3) is 0.533. The maximum Gasteiger partial charge on any atom is 0.338 e. The van der Waals surface area contributed by atoms with E-state index in [4.69, 9.17) is 9.47 Å². The van der Waals surface area contributed by atoms with Crippen molar-refractivity contribution in [2.75, 3.05) is 0 Å². The van der Waals surface area contributed by atoms with E-state index in [-0.39, 0.29) is 40.9 Å². The van der Waals surface area contributed by atoms with E-state index in [1.54, 1.807) is 0 Å². The molecule has 186 valence electrons. The Labute approximate surface area is 206 Å². The van der Waals surface area contributed by atoms with Crippen LogP contribution in [0.4, 0.5) is 0 Å². The first-order valence-corrected chi connectivity index (χ1v) is 12.4. The Kier molecular flexibility index (Phi) is 9.10. The van der Waals surface area contributed by atoms with Gasteiger partial charge in [0, 0.05) is 5.92 Å². The monoisotopic (exact) mass is 466 g/mol. The van der Waals surface area contributed by atoms with Gasteiger partial charge in [-0.15, -0.1) is 0 Å². The smallest absolute Gasteiger partial charge is 0.338 e. The van der Waals surface area contributed by atoms with Gasteiger partial charge in [0.15, 0.2) is 0 Å². The number of ether oxygens (including phenoxy) is 2. The lowest BCUT2D eigenvalue weighted by atomic mass is 9.87. The zero-order valence-corrected chi connectivity index (χ0v) is 22.4. The summed E-state index contributed by atoms with van der Waals surface area (Å²) < 4.78 is 11.7. The predicted molar refractivity (Wildman–Crippen MR) is 138 cm³/mol. The van der Waals surface area contributed by atoms with Gasteiger partial charge in [-0.3, -0.25) is 0 Å². The molecule has 0 aliphatic carbocycles. The molecule has 2 aromatic carbocycles. The first-order valence-electron chi connectivity index (χ1n) is 12.4. The van der Waals surface area contributed by atoms with Crippen LogP contribution in [0.15, 0.2) is 48.5 Å². The van der Waals surface area contributed by atoms with Gasteiger partial charge in [0.25, 0.3) is 0 Å². The van der Waals surface area contributed by atoms with Gasteiger partial charge in [0.1, 0.15) is 12.2 Å². The number of carbonyl (C=O) groups excluding carboxylic acids is 2. The number of benzene rings is 2. The fourth-order valence-corrected chi connectivity index (χ4v) is 3.99. The van der Waals surface area contributed by atoms with E-state index < -0.39 is 0 Å². The number of hydrogen-bond acceptors (Lipinski definition) is 4. The topological polar surface area (TPSA) is 52.6 Å². The van der Waals surface area contributed by atoms with Crippen molar-refractivity contribution in [3.05, 3.63) is 70.8 Å². The number of rotatable bonds is 8. The van der Waals surface area contributed by atoms with Crippen molar-refractivity contribution in [3.63, 3.8) is 0 Å². The normalized spacial score (nSPS) is 14.7. The second-order valence-electron chi connectivity index (χ2n) is 11.2. The van der Waals surface area contributed by atoms with E-state index >= 15 is 0 Å². The van der Waals surface area contributed by atoms with Crippen LogP contribution in [0.25, 0.3) is 0 Å². The van der Waals surface area contributed by atoms with Crippen LogP contribution in [-0.4, -0.2) is 24.1 Å². The second kappa shape index (κ2) is 11.2. The Hall–Kier alpha value is -2.62. The molecule has 2 atom stereocenters. The van der Waals surface area contributed by atoms with Crippen LogP contribution in [0.1, 0.15) is 107 Å². The molecule has 2 rings (SSSR count). The highest BCUT2D eigenvalue weighted by Gasteiger charge is 2.30.